The molecule has 2 aromatic rings. The maximum atomic E-state index is 13.7. The van der Waals surface area contributed by atoms with Crippen molar-refractivity contribution >= 4 is 40.8 Å². The Hall–Kier alpha value is -2.52. The number of anilines is 1. The maximum absolute atomic E-state index is 13.7. The first-order valence-corrected chi connectivity index (χ1v) is 14.8. The molecule has 2 aliphatic rings. The molecule has 0 radical (unpaired) electrons. The number of nitrogens with zero attached hydrogens (tertiary/aromatic N) is 2. The monoisotopic (exact) mass is 590 g/mol. The van der Waals surface area contributed by atoms with Crippen molar-refractivity contribution in [3.63, 3.8) is 0 Å². The van der Waals surface area contributed by atoms with Gasteiger partial charge in [-0.2, -0.15) is 0 Å². The van der Waals surface area contributed by atoms with Crippen molar-refractivity contribution in [2.75, 3.05) is 32.1 Å². The van der Waals surface area contributed by atoms with E-state index in [1.807, 2.05) is 33.0 Å². The lowest BCUT2D eigenvalue weighted by Crippen LogP contribution is -2.50. The minimum Gasteiger partial charge on any atom is -0.486 e. The number of likely N-dealkylation sites (N-methyl/N-ethyl adjacent to an activating group) is 1. The molecule has 1 heterocycles. The third-order valence-corrected chi connectivity index (χ3v) is 8.55. The molecular formula is C30H40Cl2N4O4. The van der Waals surface area contributed by atoms with Crippen LogP contribution in [0.3, 0.4) is 0 Å². The van der Waals surface area contributed by atoms with E-state index >= 15 is 0 Å². The van der Waals surface area contributed by atoms with Crippen molar-refractivity contribution in [1.82, 2.24) is 15.1 Å². The van der Waals surface area contributed by atoms with Gasteiger partial charge in [-0.15, -0.1) is 0 Å². The average Bonchev–Trinajstić information content (AvgIpc) is 2.93. The number of carbonyl (C=O) groups excluding carboxylic acids is 2. The first-order valence-electron chi connectivity index (χ1n) is 14.1. The Morgan fingerprint density at radius 2 is 1.93 bits per heavy atom. The fourth-order valence-corrected chi connectivity index (χ4v) is 5.79. The summed E-state index contributed by atoms with van der Waals surface area (Å²) in [5.74, 6) is 0.0507. The van der Waals surface area contributed by atoms with E-state index in [0.29, 0.717) is 46.7 Å². The summed E-state index contributed by atoms with van der Waals surface area (Å²) in [4.78, 5) is 30.5. The molecule has 0 saturated heterocycles. The van der Waals surface area contributed by atoms with Crippen molar-refractivity contribution < 1.29 is 19.4 Å². The standard InChI is InChI=1S/C30H40Cl2N4O4/c1-19-15-36(20(2)18-37)29(38)23-10-7-11-26(34-30(39)33-22-8-5-4-6-9-22)28(23)40-27(19)17-35(3)16-21-12-13-24(31)25(32)14-21/h7,10-14,19-20,22,27,37H,4-6,8-9,15-18H2,1-3H3,(H2,33,34,39)/t19-,20+,27-/m0/s1. The predicted octanol–water partition coefficient (Wildman–Crippen LogP) is 5.80. The fraction of sp³-hybridized carbons (Fsp3) is 0.533. The summed E-state index contributed by atoms with van der Waals surface area (Å²) < 4.78 is 6.61. The van der Waals surface area contributed by atoms with Crippen LogP contribution >= 0.6 is 23.2 Å². The molecule has 1 aliphatic carbocycles. The normalized spacial score (nSPS) is 20.8. The van der Waals surface area contributed by atoms with Crippen molar-refractivity contribution in [3.05, 3.63) is 57.6 Å². The van der Waals surface area contributed by atoms with Gasteiger partial charge in [-0.1, -0.05) is 61.5 Å². The molecule has 3 atom stereocenters. The molecule has 3 amide bonds. The van der Waals surface area contributed by atoms with Gasteiger partial charge in [0.15, 0.2) is 5.75 Å². The highest BCUT2D eigenvalue weighted by molar-refractivity contribution is 6.42. The lowest BCUT2D eigenvalue weighted by molar-refractivity contribution is 0.0343. The van der Waals surface area contributed by atoms with E-state index in [4.69, 9.17) is 27.9 Å². The van der Waals surface area contributed by atoms with E-state index in [1.54, 1.807) is 29.2 Å². The van der Waals surface area contributed by atoms with Gasteiger partial charge in [0.25, 0.3) is 5.91 Å². The van der Waals surface area contributed by atoms with Crippen LogP contribution in [0, 0.1) is 5.92 Å². The van der Waals surface area contributed by atoms with Crippen LogP contribution in [0.5, 0.6) is 5.75 Å². The molecule has 4 rings (SSSR count). The summed E-state index contributed by atoms with van der Waals surface area (Å²) in [7, 11) is 2.00. The molecule has 3 N–H and O–H groups in total. The zero-order chi connectivity index (χ0) is 28.8. The summed E-state index contributed by atoms with van der Waals surface area (Å²) in [5.41, 5.74) is 1.82. The Morgan fingerprint density at radius 3 is 2.62 bits per heavy atom. The van der Waals surface area contributed by atoms with Gasteiger partial charge in [0.2, 0.25) is 0 Å². The Labute approximate surface area is 247 Å². The Bertz CT molecular complexity index is 1190. The third-order valence-electron chi connectivity index (χ3n) is 7.81. The number of hydrogen-bond donors (Lipinski definition) is 3. The summed E-state index contributed by atoms with van der Waals surface area (Å²) in [6, 6.07) is 10.3. The molecule has 0 bridgehead atoms. The van der Waals surface area contributed by atoms with Crippen molar-refractivity contribution in [3.8, 4) is 5.75 Å². The van der Waals surface area contributed by atoms with Gasteiger partial charge in [-0.25, -0.2) is 4.79 Å². The molecule has 0 spiro atoms. The first-order chi connectivity index (χ1) is 19.2. The van der Waals surface area contributed by atoms with Gasteiger partial charge in [-0.3, -0.25) is 9.69 Å². The molecule has 8 nitrogen and oxygen atoms in total. The zero-order valence-electron chi connectivity index (χ0n) is 23.5. The Balaban J connectivity index is 1.60. The Morgan fingerprint density at radius 1 is 1.18 bits per heavy atom. The number of rotatable bonds is 8. The van der Waals surface area contributed by atoms with Gasteiger partial charge in [0, 0.05) is 31.6 Å². The largest absolute Gasteiger partial charge is 0.486 e. The van der Waals surface area contributed by atoms with Gasteiger partial charge < -0.3 is 25.4 Å². The number of nitrogens with one attached hydrogen (secondary N) is 2. The number of aliphatic hydroxyl groups is 1. The highest BCUT2D eigenvalue weighted by atomic mass is 35.5. The van der Waals surface area contributed by atoms with Crippen molar-refractivity contribution in [2.24, 2.45) is 5.92 Å². The second-order valence-electron chi connectivity index (χ2n) is 11.2. The number of urea groups is 1. The summed E-state index contributed by atoms with van der Waals surface area (Å²) >= 11 is 12.3. The number of aliphatic hydroxyl groups excluding tert-OH is 1. The number of hydrogen-bond acceptors (Lipinski definition) is 5. The van der Waals surface area contributed by atoms with E-state index in [2.05, 4.69) is 15.5 Å². The lowest BCUT2D eigenvalue weighted by atomic mass is 9.96. The predicted molar refractivity (Wildman–Crippen MR) is 159 cm³/mol. The van der Waals surface area contributed by atoms with Crippen LogP contribution in [-0.2, 0) is 6.54 Å². The van der Waals surface area contributed by atoms with Gasteiger partial charge in [0.05, 0.1) is 33.9 Å². The van der Waals surface area contributed by atoms with Crippen LogP contribution in [0.1, 0.15) is 61.9 Å². The molecular weight excluding hydrogens is 551 g/mol. The van der Waals surface area contributed by atoms with Crippen LogP contribution in [0.15, 0.2) is 36.4 Å². The molecule has 0 aromatic heterocycles. The molecule has 40 heavy (non-hydrogen) atoms. The topological polar surface area (TPSA) is 94.1 Å². The second-order valence-corrected chi connectivity index (χ2v) is 12.0. The van der Waals surface area contributed by atoms with Gasteiger partial charge in [-0.05, 0) is 56.6 Å². The average molecular weight is 592 g/mol. The number of ether oxygens (including phenoxy) is 1. The highest BCUT2D eigenvalue weighted by Crippen LogP contribution is 2.35. The molecule has 10 heteroatoms. The molecule has 1 saturated carbocycles. The SMILES string of the molecule is C[C@H](CO)N1C[C@H](C)[C@H](CN(C)Cc2ccc(Cl)c(Cl)c2)Oc2c(NC(=O)NC3CCCCC3)cccc2C1=O. The lowest BCUT2D eigenvalue weighted by Gasteiger charge is -2.38. The van der Waals surface area contributed by atoms with Crippen molar-refractivity contribution in [1.29, 1.82) is 0 Å². The molecule has 2 aromatic carbocycles. The quantitative estimate of drug-likeness (QED) is 0.361. The highest BCUT2D eigenvalue weighted by Gasteiger charge is 2.34. The molecule has 218 valence electrons. The second kappa shape index (κ2) is 13.9. The minimum atomic E-state index is -0.373. The fourth-order valence-electron chi connectivity index (χ4n) is 5.47. The minimum absolute atomic E-state index is 0.0634. The zero-order valence-corrected chi connectivity index (χ0v) is 25.0. The van der Waals surface area contributed by atoms with Crippen LogP contribution < -0.4 is 15.4 Å². The van der Waals surface area contributed by atoms with E-state index in [1.165, 1.54) is 6.42 Å². The Kier molecular flexibility index (Phi) is 10.6. The van der Waals surface area contributed by atoms with Crippen molar-refractivity contribution in [2.45, 2.75) is 70.7 Å². The third kappa shape index (κ3) is 7.60. The smallest absolute Gasteiger partial charge is 0.319 e. The number of benzene rings is 2. The molecule has 0 unspecified atom stereocenters. The molecule has 1 fully saturated rings. The number of amides is 3. The maximum Gasteiger partial charge on any atom is 0.319 e. The number of halogens is 2. The summed E-state index contributed by atoms with van der Waals surface area (Å²) in [6.07, 6.45) is 5.04. The van der Waals surface area contributed by atoms with E-state index in [9.17, 15) is 14.7 Å². The van der Waals surface area contributed by atoms with Gasteiger partial charge in [0.1, 0.15) is 6.10 Å². The van der Waals surface area contributed by atoms with E-state index in [0.717, 1.165) is 31.2 Å². The van der Waals surface area contributed by atoms with Crippen LogP contribution in [0.2, 0.25) is 10.0 Å². The van der Waals surface area contributed by atoms with Crippen LogP contribution in [0.25, 0.3) is 0 Å². The van der Waals surface area contributed by atoms with E-state index in [-0.39, 0.29) is 42.7 Å². The number of fused-ring (bicyclic) bond motifs is 1. The van der Waals surface area contributed by atoms with Crippen LogP contribution in [0.4, 0.5) is 10.5 Å². The summed E-state index contributed by atoms with van der Waals surface area (Å²) in [6.45, 7) is 5.31. The number of para-hydroxylation sites is 1. The number of carbonyl (C=O) groups is 2. The van der Waals surface area contributed by atoms with Gasteiger partial charge >= 0.3 is 6.03 Å². The van der Waals surface area contributed by atoms with E-state index < -0.39 is 0 Å². The van der Waals surface area contributed by atoms with Crippen LogP contribution in [-0.4, -0.2) is 71.8 Å². The summed E-state index contributed by atoms with van der Waals surface area (Å²) in [5, 5.41) is 17.0. The first kappa shape index (κ1) is 30.4. The molecule has 1 aliphatic heterocycles.